The van der Waals surface area contributed by atoms with Crippen molar-refractivity contribution in [3.05, 3.63) is 34.9 Å². The molecule has 2 saturated carbocycles. The molecular formula is C16H20N2O2. The van der Waals surface area contributed by atoms with Gasteiger partial charge in [-0.25, -0.2) is 4.79 Å². The fourth-order valence-electron chi connectivity index (χ4n) is 3.59. The van der Waals surface area contributed by atoms with Crippen molar-refractivity contribution in [3.8, 4) is 0 Å². The Labute approximate surface area is 118 Å². The highest BCUT2D eigenvalue weighted by Crippen LogP contribution is 2.51. The van der Waals surface area contributed by atoms with Crippen molar-refractivity contribution in [2.45, 2.75) is 45.1 Å². The largest absolute Gasteiger partial charge is 0.372 e. The van der Waals surface area contributed by atoms with Gasteiger partial charge in [0.15, 0.2) is 0 Å². The van der Waals surface area contributed by atoms with E-state index in [1.807, 2.05) is 0 Å². The van der Waals surface area contributed by atoms with E-state index < -0.39 is 0 Å². The molecule has 0 spiro atoms. The first-order valence-corrected chi connectivity index (χ1v) is 7.51. The van der Waals surface area contributed by atoms with E-state index in [2.05, 4.69) is 28.8 Å². The Morgan fingerprint density at radius 1 is 1.15 bits per heavy atom. The molecule has 0 saturated heterocycles. The number of hydrogen-bond acceptors (Lipinski definition) is 2. The number of nitrogens with one attached hydrogen (secondary N) is 2. The number of amides is 2. The SMILES string of the molecule is O=C(NCc1ccc2c(c1)COC2)NC1CC2CC2C1. The van der Waals surface area contributed by atoms with Crippen LogP contribution < -0.4 is 10.6 Å². The molecule has 4 heteroatoms. The number of fused-ring (bicyclic) bond motifs is 2. The van der Waals surface area contributed by atoms with Crippen molar-refractivity contribution in [3.63, 3.8) is 0 Å². The molecule has 20 heavy (non-hydrogen) atoms. The summed E-state index contributed by atoms with van der Waals surface area (Å²) < 4.78 is 5.40. The van der Waals surface area contributed by atoms with Gasteiger partial charge in [0.2, 0.25) is 0 Å². The summed E-state index contributed by atoms with van der Waals surface area (Å²) in [6.45, 7) is 1.99. The monoisotopic (exact) mass is 272 g/mol. The summed E-state index contributed by atoms with van der Waals surface area (Å²) in [6, 6.07) is 6.66. The quantitative estimate of drug-likeness (QED) is 0.887. The van der Waals surface area contributed by atoms with Gasteiger partial charge in [-0.3, -0.25) is 0 Å². The third-order valence-corrected chi connectivity index (χ3v) is 4.82. The smallest absolute Gasteiger partial charge is 0.315 e. The van der Waals surface area contributed by atoms with E-state index in [1.54, 1.807) is 0 Å². The predicted octanol–water partition coefficient (Wildman–Crippen LogP) is 2.31. The third kappa shape index (κ3) is 2.40. The van der Waals surface area contributed by atoms with Crippen LogP contribution in [-0.4, -0.2) is 12.1 Å². The maximum atomic E-state index is 11.9. The zero-order valence-corrected chi connectivity index (χ0v) is 11.5. The number of rotatable bonds is 3. The molecule has 1 aliphatic heterocycles. The average Bonchev–Trinajstić information content (AvgIpc) is 2.88. The second-order valence-electron chi connectivity index (χ2n) is 6.35. The van der Waals surface area contributed by atoms with E-state index >= 15 is 0 Å². The van der Waals surface area contributed by atoms with Gasteiger partial charge in [0, 0.05) is 12.6 Å². The van der Waals surface area contributed by atoms with Crippen LogP contribution in [0.1, 0.15) is 36.0 Å². The molecule has 106 valence electrons. The van der Waals surface area contributed by atoms with E-state index in [-0.39, 0.29) is 6.03 Å². The number of hydrogen-bond donors (Lipinski definition) is 2. The van der Waals surface area contributed by atoms with Crippen LogP contribution in [0.15, 0.2) is 18.2 Å². The van der Waals surface area contributed by atoms with Gasteiger partial charge in [0.25, 0.3) is 0 Å². The highest BCUT2D eigenvalue weighted by Gasteiger charge is 2.46. The summed E-state index contributed by atoms with van der Waals surface area (Å²) in [5.74, 6) is 1.80. The Morgan fingerprint density at radius 2 is 1.95 bits per heavy atom. The van der Waals surface area contributed by atoms with Crippen LogP contribution >= 0.6 is 0 Å². The van der Waals surface area contributed by atoms with Crippen LogP contribution in [0.3, 0.4) is 0 Å². The number of carbonyl (C=O) groups excluding carboxylic acids is 1. The molecule has 1 heterocycles. The topological polar surface area (TPSA) is 50.4 Å². The van der Waals surface area contributed by atoms with Crippen LogP contribution in [0.2, 0.25) is 0 Å². The molecule has 0 aromatic heterocycles. The van der Waals surface area contributed by atoms with Gasteiger partial charge in [-0.1, -0.05) is 18.2 Å². The third-order valence-electron chi connectivity index (χ3n) is 4.82. The van der Waals surface area contributed by atoms with Crippen molar-refractivity contribution in [2.75, 3.05) is 0 Å². The lowest BCUT2D eigenvalue weighted by Crippen LogP contribution is -2.41. The molecule has 1 aromatic rings. The molecule has 2 fully saturated rings. The average molecular weight is 272 g/mol. The maximum absolute atomic E-state index is 11.9. The van der Waals surface area contributed by atoms with Crippen LogP contribution in [0.25, 0.3) is 0 Å². The molecule has 4 nitrogen and oxygen atoms in total. The molecular weight excluding hydrogens is 252 g/mol. The molecule has 2 amide bonds. The lowest BCUT2D eigenvalue weighted by atomic mass is 10.1. The van der Waals surface area contributed by atoms with E-state index in [9.17, 15) is 4.79 Å². The molecule has 0 radical (unpaired) electrons. The first-order chi connectivity index (χ1) is 9.78. The molecule has 1 aromatic carbocycles. The van der Waals surface area contributed by atoms with Crippen molar-refractivity contribution < 1.29 is 9.53 Å². The van der Waals surface area contributed by atoms with Crippen molar-refractivity contribution in [2.24, 2.45) is 11.8 Å². The molecule has 2 atom stereocenters. The molecule has 3 aliphatic rings. The Hall–Kier alpha value is -1.55. The van der Waals surface area contributed by atoms with Crippen LogP contribution in [0, 0.1) is 11.8 Å². The molecule has 2 aliphatic carbocycles. The number of carbonyl (C=O) groups is 1. The number of urea groups is 1. The molecule has 0 bridgehead atoms. The van der Waals surface area contributed by atoms with Crippen LogP contribution in [-0.2, 0) is 24.5 Å². The maximum Gasteiger partial charge on any atom is 0.315 e. The Kier molecular flexibility index (Phi) is 2.91. The van der Waals surface area contributed by atoms with E-state index in [4.69, 9.17) is 4.74 Å². The van der Waals surface area contributed by atoms with Crippen molar-refractivity contribution in [1.82, 2.24) is 10.6 Å². The van der Waals surface area contributed by atoms with Gasteiger partial charge in [-0.2, -0.15) is 0 Å². The fraction of sp³-hybridized carbons (Fsp3) is 0.562. The normalized spacial score (nSPS) is 29.7. The first kappa shape index (κ1) is 12.2. The van der Waals surface area contributed by atoms with Crippen molar-refractivity contribution >= 4 is 6.03 Å². The highest BCUT2D eigenvalue weighted by atomic mass is 16.5. The summed E-state index contributed by atoms with van der Waals surface area (Å²) in [6.07, 6.45) is 3.74. The van der Waals surface area contributed by atoms with Gasteiger partial charge in [0.1, 0.15) is 0 Å². The second-order valence-corrected chi connectivity index (χ2v) is 6.35. The minimum Gasteiger partial charge on any atom is -0.372 e. The molecule has 2 N–H and O–H groups in total. The predicted molar refractivity (Wildman–Crippen MR) is 74.9 cm³/mol. The zero-order chi connectivity index (χ0) is 13.5. The minimum absolute atomic E-state index is 0.0342. The Bertz CT molecular complexity index is 533. The summed E-state index contributed by atoms with van der Waals surface area (Å²) >= 11 is 0. The lowest BCUT2D eigenvalue weighted by Gasteiger charge is -2.15. The second kappa shape index (κ2) is 4.77. The van der Waals surface area contributed by atoms with E-state index in [1.165, 1.54) is 30.4 Å². The van der Waals surface area contributed by atoms with Crippen LogP contribution in [0.5, 0.6) is 0 Å². The summed E-state index contributed by atoms with van der Waals surface area (Å²) in [5.41, 5.74) is 3.66. The first-order valence-electron chi connectivity index (χ1n) is 7.51. The van der Waals surface area contributed by atoms with Crippen LogP contribution in [0.4, 0.5) is 4.79 Å². The molecule has 4 rings (SSSR count). The van der Waals surface area contributed by atoms with Gasteiger partial charge >= 0.3 is 6.03 Å². The Morgan fingerprint density at radius 3 is 2.80 bits per heavy atom. The van der Waals surface area contributed by atoms with Gasteiger partial charge < -0.3 is 15.4 Å². The molecule has 2 unspecified atom stereocenters. The van der Waals surface area contributed by atoms with Gasteiger partial charge in [-0.15, -0.1) is 0 Å². The van der Waals surface area contributed by atoms with Gasteiger partial charge in [-0.05, 0) is 47.8 Å². The van der Waals surface area contributed by atoms with E-state index in [0.29, 0.717) is 25.8 Å². The number of ether oxygens (including phenoxy) is 1. The Balaban J connectivity index is 1.28. The summed E-state index contributed by atoms with van der Waals surface area (Å²) in [4.78, 5) is 11.9. The highest BCUT2D eigenvalue weighted by molar-refractivity contribution is 5.74. The summed E-state index contributed by atoms with van der Waals surface area (Å²) in [7, 11) is 0. The lowest BCUT2D eigenvalue weighted by molar-refractivity contribution is 0.134. The zero-order valence-electron chi connectivity index (χ0n) is 11.5. The fourth-order valence-corrected chi connectivity index (χ4v) is 3.59. The van der Waals surface area contributed by atoms with E-state index in [0.717, 1.165) is 17.4 Å². The minimum atomic E-state index is -0.0342. The number of benzene rings is 1. The van der Waals surface area contributed by atoms with Crippen molar-refractivity contribution in [1.29, 1.82) is 0 Å². The van der Waals surface area contributed by atoms with Gasteiger partial charge in [0.05, 0.1) is 13.2 Å². The summed E-state index contributed by atoms with van der Waals surface area (Å²) in [5, 5.41) is 6.04. The standard InChI is InChI=1S/C16H20N2O2/c19-16(18-15-5-12-4-13(12)6-15)17-7-10-1-2-11-8-20-9-14(11)3-10/h1-3,12-13,15H,4-9H2,(H2,17,18,19).